The van der Waals surface area contributed by atoms with Crippen molar-refractivity contribution >= 4 is 9.84 Å². The molecule has 0 aliphatic carbocycles. The standard InChI is InChI=1S/C11H13NO3S/c1-9-8-10(4-5-11(9)15-2)16(13,14)7-3-6-12/h4-5,8H,3,7H2,1-2H3. The van der Waals surface area contributed by atoms with Gasteiger partial charge in [-0.25, -0.2) is 8.42 Å². The van der Waals surface area contributed by atoms with Crippen LogP contribution in [0.5, 0.6) is 5.75 Å². The maximum absolute atomic E-state index is 11.8. The third-order valence-corrected chi connectivity index (χ3v) is 3.92. The van der Waals surface area contributed by atoms with Gasteiger partial charge in [-0.3, -0.25) is 0 Å². The number of hydrogen-bond acceptors (Lipinski definition) is 4. The topological polar surface area (TPSA) is 67.2 Å². The molecule has 0 atom stereocenters. The largest absolute Gasteiger partial charge is 0.496 e. The van der Waals surface area contributed by atoms with Crippen LogP contribution in [0.3, 0.4) is 0 Å². The Kier molecular flexibility index (Phi) is 3.91. The average Bonchev–Trinajstić information content (AvgIpc) is 2.26. The highest BCUT2D eigenvalue weighted by molar-refractivity contribution is 7.91. The molecule has 16 heavy (non-hydrogen) atoms. The lowest BCUT2D eigenvalue weighted by Gasteiger charge is -2.07. The minimum atomic E-state index is -3.35. The second-order valence-corrected chi connectivity index (χ2v) is 5.47. The first-order valence-electron chi connectivity index (χ1n) is 4.75. The number of aryl methyl sites for hydroxylation is 1. The average molecular weight is 239 g/mol. The first-order valence-corrected chi connectivity index (χ1v) is 6.41. The molecule has 1 rings (SSSR count). The van der Waals surface area contributed by atoms with Gasteiger partial charge in [0.25, 0.3) is 0 Å². The van der Waals surface area contributed by atoms with Gasteiger partial charge in [0.1, 0.15) is 5.75 Å². The zero-order chi connectivity index (χ0) is 12.2. The zero-order valence-corrected chi connectivity index (χ0v) is 10.0. The summed E-state index contributed by atoms with van der Waals surface area (Å²) in [6.45, 7) is 1.78. The van der Waals surface area contributed by atoms with Gasteiger partial charge in [-0.1, -0.05) is 0 Å². The molecule has 0 amide bonds. The predicted octanol–water partition coefficient (Wildman–Crippen LogP) is 1.69. The highest BCUT2D eigenvalue weighted by Crippen LogP contribution is 2.22. The predicted molar refractivity (Wildman–Crippen MR) is 60.0 cm³/mol. The third kappa shape index (κ3) is 2.74. The van der Waals surface area contributed by atoms with Crippen molar-refractivity contribution in [2.24, 2.45) is 0 Å². The Hall–Kier alpha value is -1.54. The van der Waals surface area contributed by atoms with Crippen molar-refractivity contribution in [3.8, 4) is 11.8 Å². The Labute approximate surface area is 95.4 Å². The molecular weight excluding hydrogens is 226 g/mol. The number of rotatable bonds is 4. The van der Waals surface area contributed by atoms with Crippen LogP contribution in [0.25, 0.3) is 0 Å². The summed E-state index contributed by atoms with van der Waals surface area (Å²) >= 11 is 0. The molecule has 0 saturated heterocycles. The molecule has 1 aromatic carbocycles. The van der Waals surface area contributed by atoms with Crippen LogP contribution in [0.2, 0.25) is 0 Å². The van der Waals surface area contributed by atoms with Crippen LogP contribution in [-0.2, 0) is 9.84 Å². The van der Waals surface area contributed by atoms with Crippen LogP contribution in [0.4, 0.5) is 0 Å². The van der Waals surface area contributed by atoms with E-state index in [2.05, 4.69) is 0 Å². The molecule has 0 spiro atoms. The fourth-order valence-electron chi connectivity index (χ4n) is 1.34. The van der Waals surface area contributed by atoms with Crippen molar-refractivity contribution in [2.45, 2.75) is 18.2 Å². The van der Waals surface area contributed by atoms with Gasteiger partial charge in [0, 0.05) is 6.42 Å². The first-order chi connectivity index (χ1) is 7.51. The zero-order valence-electron chi connectivity index (χ0n) is 9.23. The van der Waals surface area contributed by atoms with Crippen molar-refractivity contribution < 1.29 is 13.2 Å². The van der Waals surface area contributed by atoms with E-state index in [1.165, 1.54) is 13.2 Å². The molecule has 0 unspecified atom stereocenters. The van der Waals surface area contributed by atoms with Crippen molar-refractivity contribution in [1.29, 1.82) is 5.26 Å². The number of sulfone groups is 1. The van der Waals surface area contributed by atoms with Crippen LogP contribution in [0.15, 0.2) is 23.1 Å². The second kappa shape index (κ2) is 4.99. The molecule has 0 saturated carbocycles. The molecule has 0 aliphatic rings. The number of methoxy groups -OCH3 is 1. The third-order valence-electron chi connectivity index (χ3n) is 2.21. The summed E-state index contributed by atoms with van der Waals surface area (Å²) in [5.74, 6) is 0.508. The lowest BCUT2D eigenvalue weighted by molar-refractivity contribution is 0.411. The van der Waals surface area contributed by atoms with Gasteiger partial charge in [-0.15, -0.1) is 0 Å². The van der Waals surface area contributed by atoms with Crippen LogP contribution in [0, 0.1) is 18.3 Å². The van der Waals surface area contributed by atoms with E-state index in [1.807, 2.05) is 6.07 Å². The van der Waals surface area contributed by atoms with E-state index in [4.69, 9.17) is 10.00 Å². The van der Waals surface area contributed by atoms with Crippen molar-refractivity contribution in [2.75, 3.05) is 12.9 Å². The maximum atomic E-state index is 11.8. The summed E-state index contributed by atoms with van der Waals surface area (Å²) in [7, 11) is -1.81. The number of benzene rings is 1. The normalized spacial score (nSPS) is 10.8. The van der Waals surface area contributed by atoms with Gasteiger partial charge in [-0.05, 0) is 30.7 Å². The Morgan fingerprint density at radius 1 is 1.44 bits per heavy atom. The molecule has 86 valence electrons. The molecule has 0 fully saturated rings. The Bertz CT molecular complexity index is 515. The van der Waals surface area contributed by atoms with Crippen LogP contribution >= 0.6 is 0 Å². The van der Waals surface area contributed by atoms with E-state index in [-0.39, 0.29) is 17.1 Å². The van der Waals surface area contributed by atoms with Crippen LogP contribution in [0.1, 0.15) is 12.0 Å². The Balaban J connectivity index is 3.06. The van der Waals surface area contributed by atoms with Gasteiger partial charge in [0.05, 0.1) is 23.8 Å². The number of nitrogens with zero attached hydrogens (tertiary/aromatic N) is 1. The molecule has 4 nitrogen and oxygen atoms in total. The van der Waals surface area contributed by atoms with E-state index < -0.39 is 9.84 Å². The van der Waals surface area contributed by atoms with E-state index >= 15 is 0 Å². The number of ether oxygens (including phenoxy) is 1. The van der Waals surface area contributed by atoms with Crippen molar-refractivity contribution in [1.82, 2.24) is 0 Å². The lowest BCUT2D eigenvalue weighted by atomic mass is 10.2. The smallest absolute Gasteiger partial charge is 0.179 e. The van der Waals surface area contributed by atoms with Gasteiger partial charge < -0.3 is 4.74 Å². The molecule has 0 aromatic heterocycles. The molecule has 0 bridgehead atoms. The van der Waals surface area contributed by atoms with Crippen LogP contribution in [-0.4, -0.2) is 21.3 Å². The Morgan fingerprint density at radius 3 is 2.62 bits per heavy atom. The highest BCUT2D eigenvalue weighted by atomic mass is 32.2. The van der Waals surface area contributed by atoms with Gasteiger partial charge >= 0.3 is 0 Å². The van der Waals surface area contributed by atoms with E-state index in [0.717, 1.165) is 5.56 Å². The van der Waals surface area contributed by atoms with Gasteiger partial charge in [-0.2, -0.15) is 5.26 Å². The number of nitriles is 1. The van der Waals surface area contributed by atoms with E-state index in [1.54, 1.807) is 19.1 Å². The summed E-state index contributed by atoms with van der Waals surface area (Å²) < 4.78 is 28.5. The molecule has 0 aliphatic heterocycles. The van der Waals surface area contributed by atoms with Crippen molar-refractivity contribution in [3.63, 3.8) is 0 Å². The molecule has 0 N–H and O–H groups in total. The molecule has 5 heteroatoms. The summed E-state index contributed by atoms with van der Waals surface area (Å²) in [5.41, 5.74) is 0.764. The first kappa shape index (κ1) is 12.5. The quantitative estimate of drug-likeness (QED) is 0.801. The fourth-order valence-corrected chi connectivity index (χ4v) is 2.57. The van der Waals surface area contributed by atoms with Gasteiger partial charge in [0.15, 0.2) is 9.84 Å². The molecule has 0 heterocycles. The molecule has 0 radical (unpaired) electrons. The SMILES string of the molecule is COc1ccc(S(=O)(=O)CCC#N)cc1C. The molecular formula is C11H13NO3S. The van der Waals surface area contributed by atoms with Crippen LogP contribution < -0.4 is 4.74 Å². The van der Waals surface area contributed by atoms with Crippen molar-refractivity contribution in [3.05, 3.63) is 23.8 Å². The maximum Gasteiger partial charge on any atom is 0.179 e. The summed E-state index contributed by atoms with van der Waals surface area (Å²) in [6, 6.07) is 6.51. The number of hydrogen-bond donors (Lipinski definition) is 0. The summed E-state index contributed by atoms with van der Waals surface area (Å²) in [5, 5.41) is 8.38. The summed E-state index contributed by atoms with van der Waals surface area (Å²) in [6.07, 6.45) is 0.00735. The van der Waals surface area contributed by atoms with E-state index in [0.29, 0.717) is 5.75 Å². The fraction of sp³-hybridized carbons (Fsp3) is 0.364. The highest BCUT2D eigenvalue weighted by Gasteiger charge is 2.15. The second-order valence-electron chi connectivity index (χ2n) is 3.36. The lowest BCUT2D eigenvalue weighted by Crippen LogP contribution is -2.06. The van der Waals surface area contributed by atoms with E-state index in [9.17, 15) is 8.42 Å². The Morgan fingerprint density at radius 2 is 2.12 bits per heavy atom. The van der Waals surface area contributed by atoms with Gasteiger partial charge in [0.2, 0.25) is 0 Å². The minimum absolute atomic E-state index is 0.00735. The molecule has 1 aromatic rings. The monoisotopic (exact) mass is 239 g/mol. The minimum Gasteiger partial charge on any atom is -0.496 e. The summed E-state index contributed by atoms with van der Waals surface area (Å²) in [4.78, 5) is 0.237.